The summed E-state index contributed by atoms with van der Waals surface area (Å²) in [5.41, 5.74) is 1.54. The van der Waals surface area contributed by atoms with E-state index in [9.17, 15) is 9.18 Å². The molecule has 0 radical (unpaired) electrons. The number of amides is 1. The van der Waals surface area contributed by atoms with Crippen molar-refractivity contribution < 1.29 is 18.7 Å². The largest absolute Gasteiger partial charge is 0.493 e. The number of hydrogen-bond donors (Lipinski definition) is 1. The first-order chi connectivity index (χ1) is 12.0. The Labute approximate surface area is 151 Å². The van der Waals surface area contributed by atoms with Crippen LogP contribution in [0.5, 0.6) is 11.5 Å². The van der Waals surface area contributed by atoms with Crippen LogP contribution in [0, 0.1) is 5.82 Å². The summed E-state index contributed by atoms with van der Waals surface area (Å²) in [5.74, 6) is 0.401. The number of benzene rings is 2. The van der Waals surface area contributed by atoms with E-state index < -0.39 is 0 Å². The quantitative estimate of drug-likeness (QED) is 0.760. The molecule has 0 aliphatic carbocycles. The Kier molecular flexibility index (Phi) is 6.83. The van der Waals surface area contributed by atoms with Crippen molar-refractivity contribution in [1.82, 2.24) is 5.32 Å². The molecule has 0 fully saturated rings. The maximum Gasteiger partial charge on any atom is 0.244 e. The molecule has 2 aromatic carbocycles. The van der Waals surface area contributed by atoms with E-state index in [1.54, 1.807) is 24.3 Å². The summed E-state index contributed by atoms with van der Waals surface area (Å²) in [7, 11) is 3.02. The lowest BCUT2D eigenvalue weighted by Gasteiger charge is -2.10. The molecule has 6 heteroatoms. The summed E-state index contributed by atoms with van der Waals surface area (Å²) in [4.78, 5) is 11.9. The molecule has 4 nitrogen and oxygen atoms in total. The van der Waals surface area contributed by atoms with E-state index in [1.807, 2.05) is 6.07 Å². The second-order valence-electron chi connectivity index (χ2n) is 5.24. The van der Waals surface area contributed by atoms with Gasteiger partial charge in [-0.15, -0.1) is 0 Å². The molecule has 0 atom stereocenters. The molecule has 0 saturated heterocycles. The van der Waals surface area contributed by atoms with Gasteiger partial charge in [0.25, 0.3) is 0 Å². The van der Waals surface area contributed by atoms with E-state index in [1.165, 1.54) is 32.4 Å². The fourth-order valence-electron chi connectivity index (χ4n) is 2.29. The van der Waals surface area contributed by atoms with Gasteiger partial charge >= 0.3 is 0 Å². The minimum absolute atomic E-state index is 0.248. The van der Waals surface area contributed by atoms with Gasteiger partial charge < -0.3 is 14.8 Å². The van der Waals surface area contributed by atoms with Gasteiger partial charge in [-0.1, -0.05) is 23.7 Å². The van der Waals surface area contributed by atoms with Gasteiger partial charge in [-0.25, -0.2) is 4.39 Å². The highest BCUT2D eigenvalue weighted by molar-refractivity contribution is 6.32. The molecule has 0 unspecified atom stereocenters. The number of hydrogen-bond acceptors (Lipinski definition) is 3. The minimum atomic E-state index is -0.283. The van der Waals surface area contributed by atoms with E-state index >= 15 is 0 Å². The average molecular weight is 364 g/mol. The molecular weight excluding hydrogens is 345 g/mol. The second kappa shape index (κ2) is 9.08. The Morgan fingerprint density at radius 1 is 1.24 bits per heavy atom. The minimum Gasteiger partial charge on any atom is -0.493 e. The normalized spacial score (nSPS) is 10.7. The number of nitrogens with one attached hydrogen (secondary N) is 1. The van der Waals surface area contributed by atoms with Gasteiger partial charge in [-0.05, 0) is 47.9 Å². The Morgan fingerprint density at radius 2 is 2.04 bits per heavy atom. The molecule has 0 aliphatic heterocycles. The SMILES string of the molecule is COc1cc(/C=C/C(=O)NCCc2cccc(F)c2)cc(Cl)c1OC. The molecule has 0 saturated carbocycles. The number of carbonyl (C=O) groups excluding carboxylic acids is 1. The zero-order valence-electron chi connectivity index (χ0n) is 14.0. The number of ether oxygens (including phenoxy) is 2. The lowest BCUT2D eigenvalue weighted by Crippen LogP contribution is -2.23. The highest BCUT2D eigenvalue weighted by Crippen LogP contribution is 2.36. The van der Waals surface area contributed by atoms with Gasteiger partial charge in [0, 0.05) is 12.6 Å². The van der Waals surface area contributed by atoms with Gasteiger partial charge in [-0.2, -0.15) is 0 Å². The molecule has 0 aliphatic rings. The lowest BCUT2D eigenvalue weighted by molar-refractivity contribution is -0.116. The summed E-state index contributed by atoms with van der Waals surface area (Å²) in [6.07, 6.45) is 3.59. The first kappa shape index (κ1) is 18.8. The van der Waals surface area contributed by atoms with Gasteiger partial charge in [0.05, 0.1) is 19.2 Å². The monoisotopic (exact) mass is 363 g/mol. The van der Waals surface area contributed by atoms with Gasteiger partial charge in [0.15, 0.2) is 11.5 Å². The Balaban J connectivity index is 1.92. The fourth-order valence-corrected chi connectivity index (χ4v) is 2.58. The highest BCUT2D eigenvalue weighted by atomic mass is 35.5. The summed E-state index contributed by atoms with van der Waals surface area (Å²) in [6.45, 7) is 0.416. The van der Waals surface area contributed by atoms with E-state index in [2.05, 4.69) is 5.32 Å². The molecule has 0 spiro atoms. The number of carbonyl (C=O) groups is 1. The Morgan fingerprint density at radius 3 is 2.72 bits per heavy atom. The summed E-state index contributed by atoms with van der Waals surface area (Å²) in [5, 5.41) is 3.15. The maximum absolute atomic E-state index is 13.1. The van der Waals surface area contributed by atoms with E-state index in [0.717, 1.165) is 5.56 Å². The van der Waals surface area contributed by atoms with Gasteiger partial charge in [0.1, 0.15) is 5.82 Å². The van der Waals surface area contributed by atoms with Crippen LogP contribution in [-0.2, 0) is 11.2 Å². The predicted molar refractivity (Wildman–Crippen MR) is 96.7 cm³/mol. The third-order valence-electron chi connectivity index (χ3n) is 3.48. The second-order valence-corrected chi connectivity index (χ2v) is 5.65. The van der Waals surface area contributed by atoms with E-state index in [4.69, 9.17) is 21.1 Å². The number of methoxy groups -OCH3 is 2. The topological polar surface area (TPSA) is 47.6 Å². The van der Waals surface area contributed by atoms with Crippen molar-refractivity contribution in [3.8, 4) is 11.5 Å². The zero-order valence-corrected chi connectivity index (χ0v) is 14.8. The predicted octanol–water partition coefficient (Wildman–Crippen LogP) is 3.87. The van der Waals surface area contributed by atoms with Crippen LogP contribution in [0.15, 0.2) is 42.5 Å². The molecular formula is C19H19ClFNO3. The fraction of sp³-hybridized carbons (Fsp3) is 0.211. The summed E-state index contributed by atoms with van der Waals surface area (Å²) < 4.78 is 23.5. The van der Waals surface area contributed by atoms with Crippen LogP contribution >= 0.6 is 11.6 Å². The Hall–Kier alpha value is -2.53. The lowest BCUT2D eigenvalue weighted by atomic mass is 10.1. The zero-order chi connectivity index (χ0) is 18.2. The highest BCUT2D eigenvalue weighted by Gasteiger charge is 2.09. The van der Waals surface area contributed by atoms with Crippen molar-refractivity contribution in [2.75, 3.05) is 20.8 Å². The molecule has 25 heavy (non-hydrogen) atoms. The molecule has 1 amide bonds. The first-order valence-electron chi connectivity index (χ1n) is 7.65. The molecule has 132 valence electrons. The van der Waals surface area contributed by atoms with Crippen molar-refractivity contribution in [3.05, 3.63) is 64.4 Å². The first-order valence-corrected chi connectivity index (χ1v) is 8.03. The molecule has 0 bridgehead atoms. The summed E-state index contributed by atoms with van der Waals surface area (Å²) >= 11 is 6.12. The molecule has 2 rings (SSSR count). The van der Waals surface area contributed by atoms with Crippen molar-refractivity contribution in [3.63, 3.8) is 0 Å². The molecule has 2 aromatic rings. The molecule has 1 N–H and O–H groups in total. The van der Waals surface area contributed by atoms with E-state index in [-0.39, 0.29) is 11.7 Å². The van der Waals surface area contributed by atoms with E-state index in [0.29, 0.717) is 35.1 Å². The standard InChI is InChI=1S/C19H19ClFNO3/c1-24-17-12-14(11-16(20)19(17)25-2)6-7-18(23)22-9-8-13-4-3-5-15(21)10-13/h3-7,10-12H,8-9H2,1-2H3,(H,22,23)/b7-6+. The van der Waals surface area contributed by atoms with Crippen LogP contribution in [0.25, 0.3) is 6.08 Å². The summed E-state index contributed by atoms with van der Waals surface area (Å²) in [6, 6.07) is 9.71. The van der Waals surface area contributed by atoms with Crippen molar-refractivity contribution in [2.45, 2.75) is 6.42 Å². The maximum atomic E-state index is 13.1. The molecule has 0 heterocycles. The van der Waals surface area contributed by atoms with Gasteiger partial charge in [0.2, 0.25) is 5.91 Å². The third kappa shape index (κ3) is 5.50. The molecule has 0 aromatic heterocycles. The van der Waals surface area contributed by atoms with Crippen LogP contribution < -0.4 is 14.8 Å². The third-order valence-corrected chi connectivity index (χ3v) is 3.77. The van der Waals surface area contributed by atoms with Crippen LogP contribution in [0.3, 0.4) is 0 Å². The number of halogens is 2. The van der Waals surface area contributed by atoms with Crippen molar-refractivity contribution in [2.24, 2.45) is 0 Å². The van der Waals surface area contributed by atoms with Crippen molar-refractivity contribution >= 4 is 23.6 Å². The van der Waals surface area contributed by atoms with Crippen LogP contribution in [0.1, 0.15) is 11.1 Å². The average Bonchev–Trinajstić information content (AvgIpc) is 2.59. The number of rotatable bonds is 7. The Bertz CT molecular complexity index is 777. The van der Waals surface area contributed by atoms with Gasteiger partial charge in [-0.3, -0.25) is 4.79 Å². The van der Waals surface area contributed by atoms with Crippen LogP contribution in [0.2, 0.25) is 5.02 Å². The van der Waals surface area contributed by atoms with Crippen molar-refractivity contribution in [1.29, 1.82) is 0 Å². The van der Waals surface area contributed by atoms with Crippen LogP contribution in [-0.4, -0.2) is 26.7 Å². The smallest absolute Gasteiger partial charge is 0.244 e. The van der Waals surface area contributed by atoms with Crippen LogP contribution in [0.4, 0.5) is 4.39 Å².